The fraction of sp³-hybridized carbons (Fsp3) is 0.0400. The minimum absolute atomic E-state index is 0.0256. The second kappa shape index (κ2) is 9.19. The highest BCUT2D eigenvalue weighted by Crippen LogP contribution is 2.30. The summed E-state index contributed by atoms with van der Waals surface area (Å²) < 4.78 is 5.44. The van der Waals surface area contributed by atoms with Crippen LogP contribution in [0.4, 0.5) is 5.69 Å². The summed E-state index contributed by atoms with van der Waals surface area (Å²) >= 11 is 0. The van der Waals surface area contributed by atoms with Gasteiger partial charge in [-0.2, -0.15) is 5.10 Å². The highest BCUT2D eigenvalue weighted by Gasteiger charge is 2.37. The summed E-state index contributed by atoms with van der Waals surface area (Å²) in [4.78, 5) is 36.4. The Hall–Kier alpha value is -4.72. The van der Waals surface area contributed by atoms with E-state index in [1.807, 2.05) is 6.07 Å². The van der Waals surface area contributed by atoms with E-state index in [1.165, 1.54) is 24.3 Å². The summed E-state index contributed by atoms with van der Waals surface area (Å²) in [7, 11) is 0. The Labute approximate surface area is 188 Å². The number of hydrogen-bond donors (Lipinski definition) is 0. The molecule has 0 fully saturated rings. The van der Waals surface area contributed by atoms with E-state index >= 15 is 0 Å². The van der Waals surface area contributed by atoms with E-state index < -0.39 is 16.7 Å². The molecule has 0 amide bonds. The Kier molecular flexibility index (Phi) is 5.99. The topological polar surface area (TPSA) is 111 Å². The molecule has 1 aliphatic heterocycles. The third-order valence-corrected chi connectivity index (χ3v) is 4.95. The standard InChI is InChI=1S/C25H17N3O5/c1-16(17-12-14-20(15-13-17)28(31)32)26-27-22-21(23(29)18-8-4-2-5-9-18)24(33-25(22)30)19-10-6-3-7-11-19/h2-15H,1H3. The average Bonchev–Trinajstić information content (AvgIpc) is 3.19. The lowest BCUT2D eigenvalue weighted by Gasteiger charge is -2.05. The van der Waals surface area contributed by atoms with Gasteiger partial charge >= 0.3 is 5.97 Å². The van der Waals surface area contributed by atoms with E-state index in [0.717, 1.165) is 0 Å². The number of benzene rings is 3. The van der Waals surface area contributed by atoms with E-state index in [1.54, 1.807) is 61.5 Å². The van der Waals surface area contributed by atoms with Crippen molar-refractivity contribution in [3.8, 4) is 0 Å². The van der Waals surface area contributed by atoms with Crippen LogP contribution < -0.4 is 0 Å². The van der Waals surface area contributed by atoms with Crippen LogP contribution in [0, 0.1) is 10.1 Å². The van der Waals surface area contributed by atoms with E-state index in [9.17, 15) is 19.7 Å². The van der Waals surface area contributed by atoms with Crippen molar-refractivity contribution in [3.05, 3.63) is 117 Å². The molecule has 0 saturated heterocycles. The number of carbonyl (C=O) groups is 2. The SMILES string of the molecule is CC(=NN=C1C(=O)OC(c2ccccc2)=C1C(=O)c1ccccc1)c1ccc([N+](=O)[O-])cc1. The molecule has 33 heavy (non-hydrogen) atoms. The molecule has 0 unspecified atom stereocenters. The molecule has 4 rings (SSSR count). The number of nitrogens with zero attached hydrogens (tertiary/aromatic N) is 3. The molecule has 0 N–H and O–H groups in total. The van der Waals surface area contributed by atoms with Gasteiger partial charge in [0, 0.05) is 23.3 Å². The van der Waals surface area contributed by atoms with Gasteiger partial charge < -0.3 is 4.74 Å². The minimum atomic E-state index is -0.784. The van der Waals surface area contributed by atoms with Crippen LogP contribution in [-0.2, 0) is 9.53 Å². The van der Waals surface area contributed by atoms with Gasteiger partial charge in [-0.25, -0.2) is 4.79 Å². The van der Waals surface area contributed by atoms with Gasteiger partial charge in [0.15, 0.2) is 17.3 Å². The number of rotatable bonds is 6. The second-order valence-electron chi connectivity index (χ2n) is 7.09. The fourth-order valence-electron chi connectivity index (χ4n) is 3.24. The normalized spacial score (nSPS) is 15.0. The van der Waals surface area contributed by atoms with Gasteiger partial charge in [-0.05, 0) is 24.6 Å². The van der Waals surface area contributed by atoms with Crippen molar-refractivity contribution in [1.29, 1.82) is 0 Å². The molecule has 0 aliphatic carbocycles. The van der Waals surface area contributed by atoms with Crippen LogP contribution in [0.25, 0.3) is 5.76 Å². The molecule has 0 bridgehead atoms. The monoisotopic (exact) mass is 439 g/mol. The van der Waals surface area contributed by atoms with E-state index in [4.69, 9.17) is 4.74 Å². The first-order valence-corrected chi connectivity index (χ1v) is 9.95. The summed E-state index contributed by atoms with van der Waals surface area (Å²) in [5.41, 5.74) is 1.70. The summed E-state index contributed by atoms with van der Waals surface area (Å²) in [6.45, 7) is 1.64. The molecule has 1 aliphatic rings. The minimum Gasteiger partial charge on any atom is -0.420 e. The highest BCUT2D eigenvalue weighted by molar-refractivity contribution is 6.56. The van der Waals surface area contributed by atoms with Crippen molar-refractivity contribution < 1.29 is 19.2 Å². The predicted octanol–water partition coefficient (Wildman–Crippen LogP) is 4.61. The lowest BCUT2D eigenvalue weighted by atomic mass is 9.97. The maximum absolute atomic E-state index is 13.3. The molecule has 8 nitrogen and oxygen atoms in total. The van der Waals surface area contributed by atoms with Crippen molar-refractivity contribution in [2.75, 3.05) is 0 Å². The Morgan fingerprint density at radius 3 is 2.09 bits per heavy atom. The maximum Gasteiger partial charge on any atom is 0.365 e. The number of hydrogen-bond acceptors (Lipinski definition) is 7. The van der Waals surface area contributed by atoms with Crippen molar-refractivity contribution in [2.45, 2.75) is 6.92 Å². The Morgan fingerprint density at radius 1 is 0.879 bits per heavy atom. The number of non-ortho nitro benzene ring substituents is 1. The number of ketones is 1. The predicted molar refractivity (Wildman–Crippen MR) is 123 cm³/mol. The Morgan fingerprint density at radius 2 is 1.48 bits per heavy atom. The second-order valence-corrected chi connectivity index (χ2v) is 7.09. The van der Waals surface area contributed by atoms with Gasteiger partial charge in [-0.15, -0.1) is 5.10 Å². The molecule has 0 atom stereocenters. The quantitative estimate of drug-likeness (QED) is 0.183. The maximum atomic E-state index is 13.3. The van der Waals surface area contributed by atoms with Gasteiger partial charge in [0.1, 0.15) is 5.57 Å². The Balaban J connectivity index is 1.78. The summed E-state index contributed by atoms with van der Waals surface area (Å²) in [5, 5.41) is 19.0. The summed E-state index contributed by atoms with van der Waals surface area (Å²) in [5.74, 6) is -1.08. The van der Waals surface area contributed by atoms with Gasteiger partial charge in [0.2, 0.25) is 0 Å². The van der Waals surface area contributed by atoms with E-state index in [2.05, 4.69) is 10.2 Å². The lowest BCUT2D eigenvalue weighted by Crippen LogP contribution is -2.16. The third-order valence-electron chi connectivity index (χ3n) is 4.95. The number of cyclic esters (lactones) is 1. The van der Waals surface area contributed by atoms with Gasteiger partial charge in [0.05, 0.1) is 10.6 Å². The number of carbonyl (C=O) groups excluding carboxylic acids is 2. The lowest BCUT2D eigenvalue weighted by molar-refractivity contribution is -0.384. The van der Waals surface area contributed by atoms with Crippen molar-refractivity contribution in [3.63, 3.8) is 0 Å². The van der Waals surface area contributed by atoms with Gasteiger partial charge in [-0.3, -0.25) is 14.9 Å². The largest absolute Gasteiger partial charge is 0.420 e. The zero-order valence-electron chi connectivity index (χ0n) is 17.5. The molecule has 0 saturated carbocycles. The van der Waals surface area contributed by atoms with Gasteiger partial charge in [-0.1, -0.05) is 60.7 Å². The third kappa shape index (κ3) is 4.49. The molecule has 3 aromatic rings. The van der Waals surface area contributed by atoms with Crippen molar-refractivity contribution in [2.24, 2.45) is 10.2 Å². The number of esters is 1. The molecular weight excluding hydrogens is 422 g/mol. The van der Waals surface area contributed by atoms with Crippen LogP contribution >= 0.6 is 0 Å². The van der Waals surface area contributed by atoms with Crippen molar-refractivity contribution >= 4 is 34.6 Å². The fourth-order valence-corrected chi connectivity index (χ4v) is 3.24. The summed E-state index contributed by atoms with van der Waals surface area (Å²) in [6.07, 6.45) is 0. The zero-order chi connectivity index (χ0) is 23.4. The first-order chi connectivity index (χ1) is 16.0. The molecule has 3 aromatic carbocycles. The first kappa shape index (κ1) is 21.5. The molecular formula is C25H17N3O5. The highest BCUT2D eigenvalue weighted by atomic mass is 16.6. The van der Waals surface area contributed by atoms with Crippen LogP contribution in [0.3, 0.4) is 0 Å². The zero-order valence-corrected chi connectivity index (χ0v) is 17.5. The molecule has 8 heteroatoms. The smallest absolute Gasteiger partial charge is 0.365 e. The molecule has 0 radical (unpaired) electrons. The average molecular weight is 439 g/mol. The van der Waals surface area contributed by atoms with Gasteiger partial charge in [0.25, 0.3) is 5.69 Å². The first-order valence-electron chi connectivity index (χ1n) is 9.95. The van der Waals surface area contributed by atoms with Crippen LogP contribution in [0.1, 0.15) is 28.4 Å². The molecule has 1 heterocycles. The summed E-state index contributed by atoms with van der Waals surface area (Å²) in [6, 6.07) is 23.1. The number of nitro groups is 1. The molecule has 0 aromatic heterocycles. The van der Waals surface area contributed by atoms with Crippen molar-refractivity contribution in [1.82, 2.24) is 0 Å². The van der Waals surface area contributed by atoms with E-state index in [-0.39, 0.29) is 22.7 Å². The number of Topliss-reactive ketones (excluding diaryl/α,β-unsaturated/α-hetero) is 1. The van der Waals surface area contributed by atoms with Crippen LogP contribution in [-0.4, -0.2) is 28.1 Å². The van der Waals surface area contributed by atoms with Crippen LogP contribution in [0.2, 0.25) is 0 Å². The van der Waals surface area contributed by atoms with Crippen LogP contribution in [0.15, 0.2) is 101 Å². The molecule has 162 valence electrons. The van der Waals surface area contributed by atoms with Crippen LogP contribution in [0.5, 0.6) is 0 Å². The van der Waals surface area contributed by atoms with E-state index in [0.29, 0.717) is 22.4 Å². The number of nitro benzene ring substituents is 1. The Bertz CT molecular complexity index is 1330. The molecule has 0 spiro atoms. The number of ether oxygens (including phenoxy) is 1.